The first kappa shape index (κ1) is 24.2. The summed E-state index contributed by atoms with van der Waals surface area (Å²) in [5.74, 6) is -4.85. The summed E-state index contributed by atoms with van der Waals surface area (Å²) in [5.41, 5.74) is -1.39. The summed E-state index contributed by atoms with van der Waals surface area (Å²) in [6, 6.07) is 2.41. The topological polar surface area (TPSA) is 104 Å². The molecule has 13 heteroatoms. The van der Waals surface area contributed by atoms with Gasteiger partial charge in [0, 0.05) is 12.7 Å². The Morgan fingerprint density at radius 1 is 1.23 bits per heavy atom. The average Bonchev–Trinajstić information content (AvgIpc) is 2.90. The van der Waals surface area contributed by atoms with Crippen LogP contribution >= 0.6 is 23.2 Å². The third-order valence-corrected chi connectivity index (χ3v) is 4.91. The molecule has 2 aromatic rings. The number of anilines is 1. The molecule has 31 heavy (non-hydrogen) atoms. The average molecular weight is 479 g/mol. The van der Waals surface area contributed by atoms with Gasteiger partial charge in [0.15, 0.2) is 0 Å². The number of nitrogens with one attached hydrogen (secondary N) is 2. The van der Waals surface area contributed by atoms with Gasteiger partial charge in [-0.2, -0.15) is 18.4 Å². The van der Waals surface area contributed by atoms with Crippen molar-refractivity contribution in [3.05, 3.63) is 51.0 Å². The number of hydrogen-bond acceptors (Lipinski definition) is 4. The first-order chi connectivity index (χ1) is 14.3. The minimum atomic E-state index is -4.79. The van der Waals surface area contributed by atoms with Crippen molar-refractivity contribution in [3.63, 3.8) is 0 Å². The quantitative estimate of drug-likeness (QED) is 0.386. The zero-order valence-corrected chi connectivity index (χ0v) is 17.2. The highest BCUT2D eigenvalue weighted by Gasteiger charge is 2.39. The molecule has 0 unspecified atom stereocenters. The number of carbonyl (C=O) groups is 3. The van der Waals surface area contributed by atoms with Crippen LogP contribution in [0, 0.1) is 17.1 Å². The summed E-state index contributed by atoms with van der Waals surface area (Å²) in [7, 11) is 1.22. The summed E-state index contributed by atoms with van der Waals surface area (Å²) in [5, 5.41) is 11.6. The van der Waals surface area contributed by atoms with Crippen molar-refractivity contribution >= 4 is 46.5 Å². The zero-order valence-electron chi connectivity index (χ0n) is 15.7. The molecule has 1 heterocycles. The maximum atomic E-state index is 13.4. The van der Waals surface area contributed by atoms with Gasteiger partial charge in [0.05, 0.1) is 16.1 Å². The van der Waals surface area contributed by atoms with E-state index in [0.29, 0.717) is 6.92 Å². The highest BCUT2D eigenvalue weighted by atomic mass is 35.5. The number of benzene rings is 1. The number of hydrogen-bond donors (Lipinski definition) is 2. The molecule has 0 aliphatic rings. The van der Waals surface area contributed by atoms with E-state index in [1.165, 1.54) is 12.4 Å². The Morgan fingerprint density at radius 2 is 1.84 bits per heavy atom. The zero-order chi connectivity index (χ0) is 23.7. The van der Waals surface area contributed by atoms with Crippen LogP contribution in [0.1, 0.15) is 33.3 Å². The molecule has 0 saturated heterocycles. The van der Waals surface area contributed by atoms with E-state index in [2.05, 4.69) is 5.32 Å². The highest BCUT2D eigenvalue weighted by molar-refractivity contribution is 6.51. The Morgan fingerprint density at radius 3 is 2.39 bits per heavy atom. The van der Waals surface area contributed by atoms with Gasteiger partial charge in [-0.15, -0.1) is 0 Å². The molecule has 2 amide bonds. The van der Waals surface area contributed by atoms with E-state index in [4.69, 9.17) is 28.5 Å². The van der Waals surface area contributed by atoms with Crippen molar-refractivity contribution in [1.29, 1.82) is 5.26 Å². The molecule has 2 N–H and O–H groups in total. The SMILES string of the molecule is C[C@@H](NC(=O)C(=O)c1c(Cl)c(C(=O)Nc2ccc(F)c(C#N)c2)n(C)c1Cl)C(F)(F)F. The van der Waals surface area contributed by atoms with Gasteiger partial charge in [0.25, 0.3) is 17.6 Å². The fraction of sp³-hybridized carbons (Fsp3) is 0.222. The number of nitrogens with zero attached hydrogens (tertiary/aromatic N) is 2. The van der Waals surface area contributed by atoms with Crippen molar-refractivity contribution < 1.29 is 31.9 Å². The second kappa shape index (κ2) is 8.95. The van der Waals surface area contributed by atoms with Gasteiger partial charge in [-0.05, 0) is 25.1 Å². The molecule has 7 nitrogen and oxygen atoms in total. The predicted octanol–water partition coefficient (Wildman–Crippen LogP) is 3.84. The Bertz CT molecular complexity index is 1120. The van der Waals surface area contributed by atoms with E-state index < -0.39 is 57.1 Å². The van der Waals surface area contributed by atoms with Crippen LogP contribution in [-0.2, 0) is 11.8 Å². The van der Waals surface area contributed by atoms with E-state index in [1.807, 2.05) is 0 Å². The third kappa shape index (κ3) is 4.98. The Hall–Kier alpha value is -3.10. The minimum absolute atomic E-state index is 0.0148. The number of alkyl halides is 3. The molecule has 0 fully saturated rings. The van der Waals surface area contributed by atoms with E-state index in [9.17, 15) is 31.9 Å². The van der Waals surface area contributed by atoms with E-state index >= 15 is 0 Å². The second-order valence-corrected chi connectivity index (χ2v) is 6.95. The normalized spacial score (nSPS) is 12.1. The summed E-state index contributed by atoms with van der Waals surface area (Å²) in [6.45, 7) is 0.635. The Kier molecular flexibility index (Phi) is 6.98. The van der Waals surface area contributed by atoms with Crippen LogP contribution in [0.5, 0.6) is 0 Å². The summed E-state index contributed by atoms with van der Waals surface area (Å²) < 4.78 is 52.2. The van der Waals surface area contributed by atoms with Gasteiger partial charge in [-0.3, -0.25) is 14.4 Å². The standard InChI is InChI=1S/C18H12Cl2F4N4O3/c1-7(18(22,23)24)26-17(31)14(29)11-12(19)13(28(2)15(11)20)16(30)27-9-3-4-10(21)8(5-9)6-25/h3-5,7H,1-2H3,(H,26,31)(H,27,30)/t7-/m1/s1. The summed E-state index contributed by atoms with van der Waals surface area (Å²) in [4.78, 5) is 36.9. The van der Waals surface area contributed by atoms with Crippen molar-refractivity contribution in [1.82, 2.24) is 9.88 Å². The maximum Gasteiger partial charge on any atom is 0.408 e. The van der Waals surface area contributed by atoms with Crippen molar-refractivity contribution in [3.8, 4) is 6.07 Å². The van der Waals surface area contributed by atoms with Gasteiger partial charge >= 0.3 is 6.18 Å². The van der Waals surface area contributed by atoms with Gasteiger partial charge < -0.3 is 15.2 Å². The molecule has 0 aliphatic heterocycles. The smallest absolute Gasteiger partial charge is 0.338 e. The van der Waals surface area contributed by atoms with E-state index in [-0.39, 0.29) is 11.3 Å². The monoisotopic (exact) mass is 478 g/mol. The molecule has 1 atom stereocenters. The molecule has 1 aromatic carbocycles. The van der Waals surface area contributed by atoms with Crippen LogP contribution in [0.4, 0.5) is 23.2 Å². The lowest BCUT2D eigenvalue weighted by Crippen LogP contribution is -2.45. The van der Waals surface area contributed by atoms with Crippen molar-refractivity contribution in [2.45, 2.75) is 19.1 Å². The number of rotatable bonds is 5. The van der Waals surface area contributed by atoms with Gasteiger partial charge in [0.1, 0.15) is 28.8 Å². The Labute approximate surface area is 182 Å². The molecule has 0 saturated carbocycles. The number of Topliss-reactive ketones (excluding diaryl/α,β-unsaturated/α-hetero) is 1. The lowest BCUT2D eigenvalue weighted by Gasteiger charge is -2.16. The third-order valence-electron chi connectivity index (χ3n) is 4.10. The molecule has 0 bridgehead atoms. The largest absolute Gasteiger partial charge is 0.408 e. The van der Waals surface area contributed by atoms with E-state index in [1.54, 1.807) is 6.07 Å². The number of aromatic nitrogens is 1. The van der Waals surface area contributed by atoms with Crippen LogP contribution in [-0.4, -0.2) is 34.4 Å². The van der Waals surface area contributed by atoms with Crippen LogP contribution in [0.15, 0.2) is 18.2 Å². The van der Waals surface area contributed by atoms with Gasteiger partial charge in [-0.25, -0.2) is 4.39 Å². The molecular formula is C18H12Cl2F4N4O3. The lowest BCUT2D eigenvalue weighted by atomic mass is 10.1. The maximum absolute atomic E-state index is 13.4. The molecule has 164 valence electrons. The molecule has 2 rings (SSSR count). The number of ketones is 1. The van der Waals surface area contributed by atoms with Crippen LogP contribution in [0.3, 0.4) is 0 Å². The fourth-order valence-electron chi connectivity index (χ4n) is 2.40. The van der Waals surface area contributed by atoms with E-state index in [0.717, 1.165) is 22.8 Å². The Balaban J connectivity index is 2.35. The van der Waals surface area contributed by atoms with Crippen LogP contribution in [0.25, 0.3) is 0 Å². The van der Waals surface area contributed by atoms with Crippen LogP contribution < -0.4 is 10.6 Å². The molecule has 0 aliphatic carbocycles. The molecular weight excluding hydrogens is 467 g/mol. The molecule has 1 aromatic heterocycles. The number of halogens is 6. The number of carbonyl (C=O) groups excluding carboxylic acids is 3. The number of nitriles is 1. The molecule has 0 spiro atoms. The fourth-order valence-corrected chi connectivity index (χ4v) is 3.11. The lowest BCUT2D eigenvalue weighted by molar-refractivity contribution is -0.156. The first-order valence-corrected chi connectivity index (χ1v) is 9.01. The highest BCUT2D eigenvalue weighted by Crippen LogP contribution is 2.32. The van der Waals surface area contributed by atoms with Crippen molar-refractivity contribution in [2.75, 3.05) is 5.32 Å². The first-order valence-electron chi connectivity index (χ1n) is 8.26. The summed E-state index contributed by atoms with van der Waals surface area (Å²) in [6.07, 6.45) is -4.79. The minimum Gasteiger partial charge on any atom is -0.338 e. The summed E-state index contributed by atoms with van der Waals surface area (Å²) >= 11 is 12.0. The van der Waals surface area contributed by atoms with Gasteiger partial charge in [-0.1, -0.05) is 23.2 Å². The molecule has 0 radical (unpaired) electrons. The number of amides is 2. The second-order valence-electron chi connectivity index (χ2n) is 6.21. The predicted molar refractivity (Wildman–Crippen MR) is 102 cm³/mol. The van der Waals surface area contributed by atoms with Crippen molar-refractivity contribution in [2.24, 2.45) is 7.05 Å². The van der Waals surface area contributed by atoms with Crippen LogP contribution in [0.2, 0.25) is 10.2 Å². The van der Waals surface area contributed by atoms with Gasteiger partial charge in [0.2, 0.25) is 0 Å².